The summed E-state index contributed by atoms with van der Waals surface area (Å²) in [6, 6.07) is 7.68. The first-order valence-corrected chi connectivity index (χ1v) is 8.49. The lowest BCUT2D eigenvalue weighted by Crippen LogP contribution is -2.46. The number of amides is 1. The van der Waals surface area contributed by atoms with Crippen LogP contribution in [0.1, 0.15) is 23.2 Å². The van der Waals surface area contributed by atoms with Crippen LogP contribution in [0.25, 0.3) is 0 Å². The molecule has 1 unspecified atom stereocenters. The van der Waals surface area contributed by atoms with E-state index < -0.39 is 17.5 Å². The number of ether oxygens (including phenoxy) is 1. The number of aliphatic carboxylic acids is 1. The first-order chi connectivity index (χ1) is 11.8. The number of thiazole rings is 1. The second kappa shape index (κ2) is 8.09. The summed E-state index contributed by atoms with van der Waals surface area (Å²) in [5.74, 6) is -1.05. The number of carbonyl (C=O) groups is 2. The summed E-state index contributed by atoms with van der Waals surface area (Å²) in [7, 11) is 0. The van der Waals surface area contributed by atoms with Crippen molar-refractivity contribution in [2.45, 2.75) is 32.5 Å². The molecule has 1 amide bonds. The molecule has 0 aliphatic rings. The Morgan fingerprint density at radius 1 is 1.32 bits per heavy atom. The van der Waals surface area contributed by atoms with Gasteiger partial charge in [0, 0.05) is 5.38 Å². The highest BCUT2D eigenvalue weighted by atomic mass is 32.1. The van der Waals surface area contributed by atoms with Gasteiger partial charge in [0.05, 0.1) is 18.7 Å². The first kappa shape index (κ1) is 18.9. The highest BCUT2D eigenvalue weighted by molar-refractivity contribution is 7.09. The second-order valence-electron chi connectivity index (χ2n) is 5.87. The maximum atomic E-state index is 11.8. The normalized spacial score (nSPS) is 13.1. The molecule has 1 atom stereocenters. The Balaban J connectivity index is 1.81. The molecule has 8 heteroatoms. The fraction of sp³-hybridized carbons (Fsp3) is 0.353. The van der Waals surface area contributed by atoms with Gasteiger partial charge in [-0.3, -0.25) is 4.79 Å². The van der Waals surface area contributed by atoms with Crippen molar-refractivity contribution in [1.29, 1.82) is 0 Å². The van der Waals surface area contributed by atoms with Crippen molar-refractivity contribution in [2.24, 2.45) is 0 Å². The van der Waals surface area contributed by atoms with Gasteiger partial charge in [-0.05, 0) is 26.0 Å². The van der Waals surface area contributed by atoms with Crippen LogP contribution in [0.3, 0.4) is 0 Å². The van der Waals surface area contributed by atoms with Crippen molar-refractivity contribution in [3.05, 3.63) is 45.9 Å². The zero-order valence-corrected chi connectivity index (χ0v) is 14.8. The molecule has 25 heavy (non-hydrogen) atoms. The number of nitrogens with zero attached hydrogens (tertiary/aromatic N) is 1. The molecule has 0 bridgehead atoms. The number of nitrogens with one attached hydrogen (secondary N) is 1. The third-order valence-corrected chi connectivity index (χ3v) is 4.29. The Morgan fingerprint density at radius 3 is 2.64 bits per heavy atom. The summed E-state index contributed by atoms with van der Waals surface area (Å²) in [6.07, 6.45) is 0.0106. The molecule has 134 valence electrons. The monoisotopic (exact) mass is 364 g/mol. The van der Waals surface area contributed by atoms with Gasteiger partial charge >= 0.3 is 5.97 Å². The van der Waals surface area contributed by atoms with Gasteiger partial charge in [0.25, 0.3) is 0 Å². The molecule has 1 aromatic carbocycles. The third kappa shape index (κ3) is 5.84. The van der Waals surface area contributed by atoms with Gasteiger partial charge < -0.3 is 20.3 Å². The van der Waals surface area contributed by atoms with Crippen LogP contribution in [0.4, 0.5) is 0 Å². The Labute approximate surface area is 149 Å². The Kier molecular flexibility index (Phi) is 6.11. The van der Waals surface area contributed by atoms with E-state index in [2.05, 4.69) is 10.3 Å². The third-order valence-electron chi connectivity index (χ3n) is 3.41. The fourth-order valence-corrected chi connectivity index (χ4v) is 2.55. The van der Waals surface area contributed by atoms with E-state index in [1.807, 2.05) is 31.2 Å². The lowest BCUT2D eigenvalue weighted by Gasteiger charge is -2.17. The number of carboxylic acids is 1. The Hall–Kier alpha value is -2.45. The topological polar surface area (TPSA) is 109 Å². The quantitative estimate of drug-likeness (QED) is 0.655. The predicted octanol–water partition coefficient (Wildman–Crippen LogP) is 1.52. The van der Waals surface area contributed by atoms with Crippen LogP contribution in [0.2, 0.25) is 0 Å². The van der Waals surface area contributed by atoms with E-state index >= 15 is 0 Å². The van der Waals surface area contributed by atoms with E-state index in [1.165, 1.54) is 11.3 Å². The SMILES string of the molecule is Cc1ccc(OCc2nc(CC(=O)NCC(C)(O)C(=O)O)cs2)cc1. The summed E-state index contributed by atoms with van der Waals surface area (Å²) >= 11 is 1.38. The average Bonchev–Trinajstić information content (AvgIpc) is 3.00. The first-order valence-electron chi connectivity index (χ1n) is 7.61. The standard InChI is InChI=1S/C17H20N2O5S/c1-11-3-5-13(6-4-11)24-8-15-19-12(9-25-15)7-14(20)18-10-17(2,23)16(21)22/h3-6,9,23H,7-8,10H2,1-2H3,(H,18,20)(H,21,22). The summed E-state index contributed by atoms with van der Waals surface area (Å²) < 4.78 is 5.63. The number of aromatic nitrogens is 1. The molecule has 3 N–H and O–H groups in total. The number of carboxylic acid groups (broad SMARTS) is 1. The molecular formula is C17H20N2O5S. The lowest BCUT2D eigenvalue weighted by atomic mass is 10.1. The van der Waals surface area contributed by atoms with Gasteiger partial charge in [-0.25, -0.2) is 9.78 Å². The molecule has 0 radical (unpaired) electrons. The van der Waals surface area contributed by atoms with Crippen molar-refractivity contribution in [3.8, 4) is 5.75 Å². The molecule has 1 aromatic heterocycles. The number of rotatable bonds is 8. The van der Waals surface area contributed by atoms with E-state index in [-0.39, 0.29) is 13.0 Å². The van der Waals surface area contributed by atoms with Crippen LogP contribution < -0.4 is 10.1 Å². The van der Waals surface area contributed by atoms with Gasteiger partial charge in [0.1, 0.15) is 17.4 Å². The minimum Gasteiger partial charge on any atom is -0.486 e. The molecular weight excluding hydrogens is 344 g/mol. The van der Waals surface area contributed by atoms with Crippen LogP contribution >= 0.6 is 11.3 Å². The van der Waals surface area contributed by atoms with Crippen LogP contribution in [0.5, 0.6) is 5.75 Å². The Morgan fingerprint density at radius 2 is 2.00 bits per heavy atom. The van der Waals surface area contributed by atoms with Crippen LogP contribution in [0.15, 0.2) is 29.6 Å². The maximum absolute atomic E-state index is 11.8. The second-order valence-corrected chi connectivity index (χ2v) is 6.81. The number of hydrogen-bond acceptors (Lipinski definition) is 6. The maximum Gasteiger partial charge on any atom is 0.337 e. The van der Waals surface area contributed by atoms with Crippen molar-refractivity contribution >= 4 is 23.2 Å². The zero-order chi connectivity index (χ0) is 18.4. The van der Waals surface area contributed by atoms with Crippen LogP contribution in [-0.4, -0.2) is 39.2 Å². The van der Waals surface area contributed by atoms with Gasteiger partial charge in [0.2, 0.25) is 5.91 Å². The summed E-state index contributed by atoms with van der Waals surface area (Å²) in [6.45, 7) is 3.06. The van der Waals surface area contributed by atoms with Crippen molar-refractivity contribution in [2.75, 3.05) is 6.54 Å². The number of aliphatic hydroxyl groups is 1. The van der Waals surface area contributed by atoms with Gasteiger partial charge in [-0.2, -0.15) is 0 Å². The molecule has 0 aliphatic carbocycles. The molecule has 2 aromatic rings. The lowest BCUT2D eigenvalue weighted by molar-refractivity contribution is -0.156. The van der Waals surface area contributed by atoms with Gasteiger partial charge in [-0.15, -0.1) is 11.3 Å². The van der Waals surface area contributed by atoms with Crippen LogP contribution in [-0.2, 0) is 22.6 Å². The van der Waals surface area contributed by atoms with Crippen molar-refractivity contribution in [3.63, 3.8) is 0 Å². The van der Waals surface area contributed by atoms with Gasteiger partial charge in [0.15, 0.2) is 5.60 Å². The van der Waals surface area contributed by atoms with Crippen LogP contribution in [0, 0.1) is 6.92 Å². The number of hydrogen-bond donors (Lipinski definition) is 3. The van der Waals surface area contributed by atoms with Crippen molar-refractivity contribution in [1.82, 2.24) is 10.3 Å². The van der Waals surface area contributed by atoms with Gasteiger partial charge in [-0.1, -0.05) is 17.7 Å². The molecule has 0 spiro atoms. The summed E-state index contributed by atoms with van der Waals surface area (Å²) in [5.41, 5.74) is -0.276. The zero-order valence-electron chi connectivity index (χ0n) is 14.0. The minimum absolute atomic E-state index is 0.0106. The Bertz CT molecular complexity index is 740. The molecule has 0 aliphatic heterocycles. The highest BCUT2D eigenvalue weighted by Crippen LogP contribution is 2.16. The predicted molar refractivity (Wildman–Crippen MR) is 92.6 cm³/mol. The molecule has 1 heterocycles. The molecule has 0 saturated heterocycles. The molecule has 0 fully saturated rings. The molecule has 0 saturated carbocycles. The minimum atomic E-state index is -2.00. The summed E-state index contributed by atoms with van der Waals surface area (Å²) in [5, 5.41) is 23.2. The van der Waals surface area contributed by atoms with Crippen molar-refractivity contribution < 1.29 is 24.5 Å². The molecule has 2 rings (SSSR count). The van der Waals surface area contributed by atoms with E-state index in [1.54, 1.807) is 5.38 Å². The number of carbonyl (C=O) groups excluding carboxylic acids is 1. The molecule has 7 nitrogen and oxygen atoms in total. The largest absolute Gasteiger partial charge is 0.486 e. The number of benzene rings is 1. The van der Waals surface area contributed by atoms with E-state index in [9.17, 15) is 14.7 Å². The van der Waals surface area contributed by atoms with E-state index in [0.717, 1.165) is 23.2 Å². The summed E-state index contributed by atoms with van der Waals surface area (Å²) in [4.78, 5) is 26.9. The smallest absolute Gasteiger partial charge is 0.337 e. The number of aryl methyl sites for hydroxylation is 1. The highest BCUT2D eigenvalue weighted by Gasteiger charge is 2.30. The van der Waals surface area contributed by atoms with E-state index in [4.69, 9.17) is 9.84 Å². The fourth-order valence-electron chi connectivity index (χ4n) is 1.85. The van der Waals surface area contributed by atoms with E-state index in [0.29, 0.717) is 12.3 Å². The average molecular weight is 364 g/mol.